The van der Waals surface area contributed by atoms with Gasteiger partial charge in [0.2, 0.25) is 5.91 Å². The predicted octanol–water partition coefficient (Wildman–Crippen LogP) is 5.26. The lowest BCUT2D eigenvalue weighted by molar-refractivity contribution is -0.115. The average molecular weight is 406 g/mol. The number of nitriles is 1. The predicted molar refractivity (Wildman–Crippen MR) is 106 cm³/mol. The van der Waals surface area contributed by atoms with Crippen molar-refractivity contribution in [1.29, 1.82) is 5.26 Å². The molecule has 7 heteroatoms. The molecule has 1 aromatic carbocycles. The lowest BCUT2D eigenvalue weighted by atomic mass is 9.95. The van der Waals surface area contributed by atoms with Crippen LogP contribution >= 0.6 is 35.0 Å². The third-order valence-electron chi connectivity index (χ3n) is 4.16. The maximum absolute atomic E-state index is 12.1. The molecule has 2 aromatic rings. The molecule has 0 atom stereocenters. The Morgan fingerprint density at radius 3 is 2.81 bits per heavy atom. The molecule has 3 rings (SSSR count). The van der Waals surface area contributed by atoms with Gasteiger partial charge in [0.25, 0.3) is 0 Å². The van der Waals surface area contributed by atoms with Gasteiger partial charge in [0.1, 0.15) is 11.1 Å². The van der Waals surface area contributed by atoms with Crippen LogP contribution in [-0.4, -0.2) is 16.6 Å². The number of pyridine rings is 1. The molecule has 1 aromatic heterocycles. The summed E-state index contributed by atoms with van der Waals surface area (Å²) in [5.41, 5.74) is 3.49. The number of aryl methyl sites for hydroxylation is 2. The fourth-order valence-corrected chi connectivity index (χ4v) is 4.06. The van der Waals surface area contributed by atoms with Crippen LogP contribution in [0.15, 0.2) is 29.3 Å². The van der Waals surface area contributed by atoms with Crippen molar-refractivity contribution < 1.29 is 4.79 Å². The van der Waals surface area contributed by atoms with Crippen molar-refractivity contribution in [2.45, 2.75) is 37.1 Å². The van der Waals surface area contributed by atoms with E-state index in [1.54, 1.807) is 18.2 Å². The fraction of sp³-hybridized carbons (Fsp3) is 0.316. The summed E-state index contributed by atoms with van der Waals surface area (Å²) in [5, 5.41) is 13.7. The molecule has 1 N–H and O–H groups in total. The number of nitrogens with zero attached hydrogens (tertiary/aromatic N) is 2. The molecule has 134 valence electrons. The van der Waals surface area contributed by atoms with Crippen LogP contribution in [0.5, 0.6) is 0 Å². The zero-order valence-electron chi connectivity index (χ0n) is 14.0. The van der Waals surface area contributed by atoms with Crippen LogP contribution < -0.4 is 5.32 Å². The minimum absolute atomic E-state index is 0.118. The van der Waals surface area contributed by atoms with Crippen molar-refractivity contribution in [2.75, 3.05) is 11.1 Å². The monoisotopic (exact) mass is 405 g/mol. The molecule has 26 heavy (non-hydrogen) atoms. The summed E-state index contributed by atoms with van der Waals surface area (Å²) < 4.78 is 0. The first-order valence-corrected chi connectivity index (χ1v) is 10.1. The van der Waals surface area contributed by atoms with E-state index in [0.717, 1.165) is 36.4 Å². The first kappa shape index (κ1) is 19.0. The van der Waals surface area contributed by atoms with E-state index in [1.807, 2.05) is 6.07 Å². The van der Waals surface area contributed by atoms with E-state index in [0.29, 0.717) is 33.5 Å². The van der Waals surface area contributed by atoms with Gasteiger partial charge < -0.3 is 5.32 Å². The number of fused-ring (bicyclic) bond motifs is 1. The lowest BCUT2D eigenvalue weighted by Crippen LogP contribution is -2.12. The Kier molecular flexibility index (Phi) is 6.42. The highest BCUT2D eigenvalue weighted by molar-refractivity contribution is 7.99. The second-order valence-electron chi connectivity index (χ2n) is 6.04. The van der Waals surface area contributed by atoms with E-state index in [1.165, 1.54) is 17.3 Å². The largest absolute Gasteiger partial charge is 0.326 e. The van der Waals surface area contributed by atoms with Gasteiger partial charge in [-0.1, -0.05) is 23.2 Å². The first-order valence-electron chi connectivity index (χ1n) is 8.37. The molecule has 0 spiro atoms. The minimum atomic E-state index is -0.118. The van der Waals surface area contributed by atoms with Crippen molar-refractivity contribution in [1.82, 2.24) is 4.98 Å². The second kappa shape index (κ2) is 8.77. The Morgan fingerprint density at radius 2 is 2.04 bits per heavy atom. The summed E-state index contributed by atoms with van der Waals surface area (Å²) in [6, 6.07) is 9.15. The Hall–Kier alpha value is -1.74. The van der Waals surface area contributed by atoms with Crippen molar-refractivity contribution in [2.24, 2.45) is 0 Å². The van der Waals surface area contributed by atoms with Gasteiger partial charge in [-0.3, -0.25) is 4.79 Å². The average Bonchev–Trinajstić information content (AvgIpc) is 2.64. The number of hydrogen-bond donors (Lipinski definition) is 1. The standard InChI is InChI=1S/C19H17Cl2N3OS/c20-15-6-5-14(10-16(15)21)23-18(25)7-8-26-19-13(11-22)9-12-3-1-2-4-17(12)24-19/h5-6,9-10H,1-4,7-8H2,(H,23,25). The third kappa shape index (κ3) is 4.70. The Bertz CT molecular complexity index is 880. The summed E-state index contributed by atoms with van der Waals surface area (Å²) in [4.78, 5) is 16.8. The van der Waals surface area contributed by atoms with Crippen molar-refractivity contribution in [3.8, 4) is 6.07 Å². The smallest absolute Gasteiger partial charge is 0.225 e. The number of carbonyl (C=O) groups is 1. The van der Waals surface area contributed by atoms with Crippen LogP contribution in [0.25, 0.3) is 0 Å². The number of amides is 1. The summed E-state index contributed by atoms with van der Waals surface area (Å²) in [5.74, 6) is 0.431. The summed E-state index contributed by atoms with van der Waals surface area (Å²) >= 11 is 13.3. The molecule has 1 amide bonds. The second-order valence-corrected chi connectivity index (χ2v) is 7.94. The van der Waals surface area contributed by atoms with Crippen molar-refractivity contribution in [3.05, 3.63) is 51.1 Å². The maximum atomic E-state index is 12.1. The number of carbonyl (C=O) groups excluding carboxylic acids is 1. The topological polar surface area (TPSA) is 65.8 Å². The number of thioether (sulfide) groups is 1. The van der Waals surface area contributed by atoms with Crippen LogP contribution in [0.2, 0.25) is 10.0 Å². The van der Waals surface area contributed by atoms with Crippen molar-refractivity contribution >= 4 is 46.6 Å². The Labute approximate surface area is 166 Å². The quantitative estimate of drug-likeness (QED) is 0.688. The highest BCUT2D eigenvalue weighted by Crippen LogP contribution is 2.28. The fourth-order valence-electron chi connectivity index (χ4n) is 2.84. The summed E-state index contributed by atoms with van der Waals surface area (Å²) in [6.07, 6.45) is 4.57. The first-order chi connectivity index (χ1) is 12.6. The van der Waals surface area contributed by atoms with Gasteiger partial charge in [-0.05, 0) is 55.5 Å². The zero-order chi connectivity index (χ0) is 18.5. The van der Waals surface area contributed by atoms with E-state index in [9.17, 15) is 10.1 Å². The maximum Gasteiger partial charge on any atom is 0.225 e. The van der Waals surface area contributed by atoms with Gasteiger partial charge in [0.05, 0.1) is 15.6 Å². The molecule has 0 radical (unpaired) electrons. The van der Waals surface area contributed by atoms with Crippen LogP contribution in [0.4, 0.5) is 5.69 Å². The molecule has 1 aliphatic carbocycles. The van der Waals surface area contributed by atoms with Gasteiger partial charge in [0.15, 0.2) is 0 Å². The van der Waals surface area contributed by atoms with Crippen LogP contribution in [0, 0.1) is 11.3 Å². The summed E-state index contributed by atoms with van der Waals surface area (Å²) in [7, 11) is 0. The molecule has 0 bridgehead atoms. The molecular weight excluding hydrogens is 389 g/mol. The highest BCUT2D eigenvalue weighted by atomic mass is 35.5. The van der Waals surface area contributed by atoms with Crippen LogP contribution in [0.3, 0.4) is 0 Å². The molecule has 0 aliphatic heterocycles. The number of benzene rings is 1. The number of rotatable bonds is 5. The van der Waals surface area contributed by atoms with E-state index in [4.69, 9.17) is 23.2 Å². The molecule has 1 heterocycles. The Morgan fingerprint density at radius 1 is 1.23 bits per heavy atom. The summed E-state index contributed by atoms with van der Waals surface area (Å²) in [6.45, 7) is 0. The number of hydrogen-bond acceptors (Lipinski definition) is 4. The van der Waals surface area contributed by atoms with E-state index >= 15 is 0 Å². The van der Waals surface area contributed by atoms with E-state index in [-0.39, 0.29) is 5.91 Å². The van der Waals surface area contributed by atoms with Gasteiger partial charge in [-0.25, -0.2) is 4.98 Å². The van der Waals surface area contributed by atoms with Gasteiger partial charge in [-0.15, -0.1) is 11.8 Å². The Balaban J connectivity index is 1.58. The van der Waals surface area contributed by atoms with E-state index in [2.05, 4.69) is 16.4 Å². The minimum Gasteiger partial charge on any atom is -0.326 e. The number of aromatic nitrogens is 1. The molecular formula is C19H17Cl2N3OS. The number of halogens is 2. The van der Waals surface area contributed by atoms with Gasteiger partial charge in [-0.2, -0.15) is 5.26 Å². The normalized spacial score (nSPS) is 13.0. The van der Waals surface area contributed by atoms with E-state index < -0.39 is 0 Å². The van der Waals surface area contributed by atoms with Crippen LogP contribution in [0.1, 0.15) is 36.1 Å². The zero-order valence-corrected chi connectivity index (χ0v) is 16.3. The van der Waals surface area contributed by atoms with Crippen molar-refractivity contribution in [3.63, 3.8) is 0 Å². The van der Waals surface area contributed by atoms with Gasteiger partial charge in [0, 0.05) is 23.6 Å². The lowest BCUT2D eigenvalue weighted by Gasteiger charge is -2.16. The molecule has 1 aliphatic rings. The van der Waals surface area contributed by atoms with Gasteiger partial charge >= 0.3 is 0 Å². The third-order valence-corrected chi connectivity index (χ3v) is 5.89. The molecule has 0 unspecified atom stereocenters. The van der Waals surface area contributed by atoms with Crippen LogP contribution in [-0.2, 0) is 17.6 Å². The molecule has 0 fully saturated rings. The SMILES string of the molecule is N#Cc1cc2c(nc1SCCC(=O)Nc1ccc(Cl)c(Cl)c1)CCCC2. The number of nitrogens with one attached hydrogen (secondary N) is 1. The molecule has 4 nitrogen and oxygen atoms in total. The molecule has 0 saturated heterocycles. The number of anilines is 1. The molecule has 0 saturated carbocycles. The highest BCUT2D eigenvalue weighted by Gasteiger charge is 2.15.